The van der Waals surface area contributed by atoms with Crippen LogP contribution in [0.4, 0.5) is 23.3 Å². The van der Waals surface area contributed by atoms with Crippen molar-refractivity contribution < 1.29 is 9.53 Å². The molecular weight excluding hydrogens is 530 g/mol. The quantitative estimate of drug-likeness (QED) is 0.252. The van der Waals surface area contributed by atoms with E-state index in [1.165, 1.54) is 5.56 Å². The molecule has 1 unspecified atom stereocenters. The fourth-order valence-electron chi connectivity index (χ4n) is 5.30. The molecule has 3 aromatic heterocycles. The third kappa shape index (κ3) is 7.23. The summed E-state index contributed by atoms with van der Waals surface area (Å²) in [6.07, 6.45) is 6.22. The maximum absolute atomic E-state index is 12.7. The molecule has 0 spiro atoms. The van der Waals surface area contributed by atoms with E-state index in [-0.39, 0.29) is 18.0 Å². The molecule has 2 atom stereocenters. The largest absolute Gasteiger partial charge is 0.461 e. The van der Waals surface area contributed by atoms with Crippen LogP contribution < -0.4 is 16.0 Å². The van der Waals surface area contributed by atoms with Gasteiger partial charge in [0.05, 0.1) is 5.92 Å². The molecule has 11 heteroatoms. The number of esters is 1. The molecule has 1 aromatic carbocycles. The zero-order chi connectivity index (χ0) is 28.7. The van der Waals surface area contributed by atoms with E-state index >= 15 is 0 Å². The van der Waals surface area contributed by atoms with E-state index in [1.807, 2.05) is 37.3 Å². The Hall–Kier alpha value is -4.48. The Kier molecular flexibility index (Phi) is 8.57. The van der Waals surface area contributed by atoms with E-state index in [0.29, 0.717) is 29.1 Å². The van der Waals surface area contributed by atoms with Crippen LogP contribution >= 0.6 is 0 Å². The van der Waals surface area contributed by atoms with Gasteiger partial charge in [-0.1, -0.05) is 18.2 Å². The molecule has 2 aliphatic rings. The topological polar surface area (TPSA) is 130 Å². The number of aromatic nitrogens is 5. The number of carbonyl (C=O) groups is 1. The number of hydrogen-bond acceptors (Lipinski definition) is 11. The number of nitrogens with zero attached hydrogens (tertiary/aromatic N) is 6. The fourth-order valence-corrected chi connectivity index (χ4v) is 5.30. The molecular formula is C31H35N9O2. The van der Waals surface area contributed by atoms with E-state index in [9.17, 15) is 4.79 Å². The van der Waals surface area contributed by atoms with Gasteiger partial charge < -0.3 is 20.7 Å². The average molecular weight is 566 g/mol. The third-order valence-corrected chi connectivity index (χ3v) is 7.44. The number of piperidine rings is 1. The molecule has 3 N–H and O–H groups in total. The molecule has 5 heterocycles. The Balaban J connectivity index is 1.03. The number of aryl methyl sites for hydroxylation is 1. The van der Waals surface area contributed by atoms with Gasteiger partial charge in [-0.05, 0) is 81.2 Å². The lowest BCUT2D eigenvalue weighted by Crippen LogP contribution is -2.40. The summed E-state index contributed by atoms with van der Waals surface area (Å²) in [5, 5.41) is 9.76. The van der Waals surface area contributed by atoms with Crippen LogP contribution in [0.15, 0.2) is 67.0 Å². The fraction of sp³-hybridized carbons (Fsp3) is 0.355. The molecule has 2 aliphatic heterocycles. The van der Waals surface area contributed by atoms with Gasteiger partial charge in [-0.3, -0.25) is 9.69 Å². The van der Waals surface area contributed by atoms with Gasteiger partial charge in [-0.15, -0.1) is 0 Å². The summed E-state index contributed by atoms with van der Waals surface area (Å²) in [6.45, 7) is 6.14. The molecule has 4 aromatic rings. The number of benzene rings is 1. The lowest BCUT2D eigenvalue weighted by atomic mass is 9.97. The number of carbonyl (C=O) groups excluding carboxylic acids is 1. The second-order valence-electron chi connectivity index (χ2n) is 10.8. The van der Waals surface area contributed by atoms with Crippen molar-refractivity contribution in [3.63, 3.8) is 0 Å². The van der Waals surface area contributed by atoms with Crippen molar-refractivity contribution in [3.8, 4) is 11.5 Å². The van der Waals surface area contributed by atoms with Crippen LogP contribution in [0.5, 0.6) is 0 Å². The minimum atomic E-state index is -0.0496. The second kappa shape index (κ2) is 13.0. The van der Waals surface area contributed by atoms with Gasteiger partial charge in [-0.2, -0.15) is 4.98 Å². The molecule has 2 saturated heterocycles. The third-order valence-electron chi connectivity index (χ3n) is 7.44. The van der Waals surface area contributed by atoms with Crippen LogP contribution in [0.3, 0.4) is 0 Å². The van der Waals surface area contributed by atoms with Crippen LogP contribution in [-0.2, 0) is 16.1 Å². The van der Waals surface area contributed by atoms with Gasteiger partial charge >= 0.3 is 5.97 Å². The number of hydrogen-bond donors (Lipinski definition) is 3. The first-order valence-electron chi connectivity index (χ1n) is 14.4. The standard InChI is InChI=1S/C31H35N9O2/c1-21-4-2-6-26(35-21)29-33-15-12-27(38-29)37-28-13-16-34-31(39-28)36-24-9-7-22(8-10-24)19-40-17-3-5-23(20-40)30(41)42-25-11-14-32-18-25/h2,4,6-10,12-13,15-16,23,25,32H,3,5,11,14,17-20H2,1H3,(H2,33,34,36,37,38,39)/t23?,25-/m1/s1. The first kappa shape index (κ1) is 27.7. The Labute approximate surface area is 245 Å². The summed E-state index contributed by atoms with van der Waals surface area (Å²) >= 11 is 0. The molecule has 216 valence electrons. The molecule has 0 bridgehead atoms. The number of ether oxygens (including phenoxy) is 1. The summed E-state index contributed by atoms with van der Waals surface area (Å²) in [5.74, 6) is 2.13. The normalized spacial score (nSPS) is 18.9. The molecule has 0 saturated carbocycles. The van der Waals surface area contributed by atoms with E-state index in [0.717, 1.165) is 63.4 Å². The SMILES string of the molecule is Cc1cccc(-c2nccc(Nc3ccnc(Nc4ccc(CN5CCCC(C(=O)O[C@@H]6CCNC6)C5)cc4)n3)n2)n1. The van der Waals surface area contributed by atoms with Crippen molar-refractivity contribution in [2.45, 2.75) is 38.8 Å². The molecule has 0 radical (unpaired) electrons. The van der Waals surface area contributed by atoms with Crippen LogP contribution in [0.2, 0.25) is 0 Å². The minimum absolute atomic E-state index is 0.0233. The summed E-state index contributed by atoms with van der Waals surface area (Å²) < 4.78 is 5.73. The summed E-state index contributed by atoms with van der Waals surface area (Å²) in [5.41, 5.74) is 3.69. The zero-order valence-corrected chi connectivity index (χ0v) is 23.7. The van der Waals surface area contributed by atoms with Crippen LogP contribution in [-0.4, -0.2) is 68.1 Å². The Morgan fingerprint density at radius 3 is 2.62 bits per heavy atom. The Morgan fingerprint density at radius 1 is 0.976 bits per heavy atom. The van der Waals surface area contributed by atoms with Gasteiger partial charge in [0.2, 0.25) is 5.95 Å². The number of anilines is 4. The lowest BCUT2D eigenvalue weighted by molar-refractivity contribution is -0.155. The molecule has 2 fully saturated rings. The van der Waals surface area contributed by atoms with Crippen molar-refractivity contribution in [3.05, 3.63) is 78.2 Å². The van der Waals surface area contributed by atoms with Crippen molar-refractivity contribution in [2.75, 3.05) is 36.8 Å². The number of pyridine rings is 1. The van der Waals surface area contributed by atoms with Gasteiger partial charge in [0, 0.05) is 43.4 Å². The lowest BCUT2D eigenvalue weighted by Gasteiger charge is -2.32. The van der Waals surface area contributed by atoms with Crippen molar-refractivity contribution in [1.82, 2.24) is 35.1 Å². The maximum atomic E-state index is 12.7. The summed E-state index contributed by atoms with van der Waals surface area (Å²) in [4.78, 5) is 37.4. The average Bonchev–Trinajstić information content (AvgIpc) is 3.52. The van der Waals surface area contributed by atoms with E-state index in [1.54, 1.807) is 24.5 Å². The predicted molar refractivity (Wildman–Crippen MR) is 160 cm³/mol. The molecule has 11 nitrogen and oxygen atoms in total. The molecule has 42 heavy (non-hydrogen) atoms. The number of rotatable bonds is 9. The summed E-state index contributed by atoms with van der Waals surface area (Å²) in [7, 11) is 0. The molecule has 0 amide bonds. The van der Waals surface area contributed by atoms with Gasteiger partial charge in [0.25, 0.3) is 0 Å². The smallest absolute Gasteiger partial charge is 0.310 e. The molecule has 0 aliphatic carbocycles. The van der Waals surface area contributed by atoms with Gasteiger partial charge in [0.1, 0.15) is 23.4 Å². The number of likely N-dealkylation sites (tertiary alicyclic amines) is 1. The van der Waals surface area contributed by atoms with Crippen molar-refractivity contribution in [1.29, 1.82) is 0 Å². The minimum Gasteiger partial charge on any atom is -0.461 e. The first-order chi connectivity index (χ1) is 20.6. The van der Waals surface area contributed by atoms with E-state index < -0.39 is 0 Å². The maximum Gasteiger partial charge on any atom is 0.310 e. The van der Waals surface area contributed by atoms with Gasteiger partial charge in [-0.25, -0.2) is 19.9 Å². The van der Waals surface area contributed by atoms with Crippen molar-refractivity contribution in [2.24, 2.45) is 5.92 Å². The van der Waals surface area contributed by atoms with E-state index in [4.69, 9.17) is 4.74 Å². The van der Waals surface area contributed by atoms with Gasteiger partial charge in [0.15, 0.2) is 5.82 Å². The second-order valence-corrected chi connectivity index (χ2v) is 10.8. The monoisotopic (exact) mass is 565 g/mol. The highest BCUT2D eigenvalue weighted by Crippen LogP contribution is 2.23. The highest BCUT2D eigenvalue weighted by molar-refractivity contribution is 5.73. The van der Waals surface area contributed by atoms with Crippen molar-refractivity contribution >= 4 is 29.2 Å². The van der Waals surface area contributed by atoms with E-state index in [2.05, 4.69) is 57.9 Å². The van der Waals surface area contributed by atoms with Crippen LogP contribution in [0.25, 0.3) is 11.5 Å². The highest BCUT2D eigenvalue weighted by Gasteiger charge is 2.29. The first-order valence-corrected chi connectivity index (χ1v) is 14.4. The highest BCUT2D eigenvalue weighted by atomic mass is 16.5. The van der Waals surface area contributed by atoms with Crippen LogP contribution in [0.1, 0.15) is 30.5 Å². The van der Waals surface area contributed by atoms with Crippen LogP contribution in [0, 0.1) is 12.8 Å². The Bertz CT molecular complexity index is 1510. The Morgan fingerprint density at radius 2 is 1.81 bits per heavy atom. The summed E-state index contributed by atoms with van der Waals surface area (Å²) in [6, 6.07) is 17.6. The number of nitrogens with one attached hydrogen (secondary N) is 3. The predicted octanol–water partition coefficient (Wildman–Crippen LogP) is 4.24. The molecule has 6 rings (SSSR count). The zero-order valence-electron chi connectivity index (χ0n) is 23.7.